The van der Waals surface area contributed by atoms with Crippen LogP contribution in [0.25, 0.3) is 0 Å². The molecule has 0 radical (unpaired) electrons. The highest BCUT2D eigenvalue weighted by atomic mass is 16.6. The van der Waals surface area contributed by atoms with Gasteiger partial charge in [0.25, 0.3) is 0 Å². The largest absolute Gasteiger partial charge is 0.434 e. The smallest absolute Gasteiger partial charge is 0.390 e. The summed E-state index contributed by atoms with van der Waals surface area (Å²) in [4.78, 5) is 13.9. The van der Waals surface area contributed by atoms with Crippen molar-refractivity contribution in [1.29, 1.82) is 0 Å². The Bertz CT molecular complexity index is 390. The van der Waals surface area contributed by atoms with Crippen molar-refractivity contribution >= 4 is 5.95 Å². The number of unbranched alkanes of at least 4 members (excludes halogenated alkanes) is 5. The summed E-state index contributed by atoms with van der Waals surface area (Å²) in [5.41, 5.74) is 0.734. The molecule has 0 bridgehead atoms. The molecule has 0 saturated heterocycles. The normalized spacial score (nSPS) is 10.8. The number of imidazole rings is 1. The number of nitro groups is 1. The molecule has 0 spiro atoms. The third-order valence-electron chi connectivity index (χ3n) is 3.12. The SMILES string of the molecule is CCCCCCCCOCc1cnc([N+](=O)[O-])n1C. The van der Waals surface area contributed by atoms with Crippen molar-refractivity contribution in [2.75, 3.05) is 6.61 Å². The molecule has 0 aliphatic heterocycles. The zero-order chi connectivity index (χ0) is 14.1. The number of rotatable bonds is 10. The van der Waals surface area contributed by atoms with E-state index < -0.39 is 4.92 Å². The van der Waals surface area contributed by atoms with Gasteiger partial charge in [-0.3, -0.25) is 0 Å². The zero-order valence-corrected chi connectivity index (χ0v) is 11.8. The van der Waals surface area contributed by atoms with Gasteiger partial charge in [0.2, 0.25) is 0 Å². The lowest BCUT2D eigenvalue weighted by Crippen LogP contribution is -2.04. The lowest BCUT2D eigenvalue weighted by molar-refractivity contribution is -0.396. The summed E-state index contributed by atoms with van der Waals surface area (Å²) >= 11 is 0. The van der Waals surface area contributed by atoms with Gasteiger partial charge in [0, 0.05) is 6.61 Å². The molecule has 0 amide bonds. The molecule has 1 rings (SSSR count). The van der Waals surface area contributed by atoms with Gasteiger partial charge < -0.3 is 14.9 Å². The summed E-state index contributed by atoms with van der Waals surface area (Å²) < 4.78 is 6.98. The summed E-state index contributed by atoms with van der Waals surface area (Å²) in [6.45, 7) is 3.29. The van der Waals surface area contributed by atoms with Crippen molar-refractivity contribution in [2.24, 2.45) is 7.05 Å². The first-order chi connectivity index (χ1) is 9.16. The van der Waals surface area contributed by atoms with Gasteiger partial charge in [-0.1, -0.05) is 44.0 Å². The third kappa shape index (κ3) is 5.38. The predicted molar refractivity (Wildman–Crippen MR) is 72.9 cm³/mol. The van der Waals surface area contributed by atoms with Crippen molar-refractivity contribution in [3.63, 3.8) is 0 Å². The van der Waals surface area contributed by atoms with E-state index in [1.165, 1.54) is 42.9 Å². The summed E-state index contributed by atoms with van der Waals surface area (Å²) in [6, 6.07) is 0. The van der Waals surface area contributed by atoms with Gasteiger partial charge in [0.15, 0.2) is 0 Å². The fraction of sp³-hybridized carbons (Fsp3) is 0.769. The maximum atomic E-state index is 10.6. The second kappa shape index (κ2) is 8.63. The molecule has 0 atom stereocenters. The lowest BCUT2D eigenvalue weighted by Gasteiger charge is -2.03. The van der Waals surface area contributed by atoms with Crippen LogP contribution in [0.2, 0.25) is 0 Å². The highest BCUT2D eigenvalue weighted by Crippen LogP contribution is 2.12. The lowest BCUT2D eigenvalue weighted by atomic mass is 10.1. The minimum absolute atomic E-state index is 0.141. The molecule has 0 saturated carbocycles. The first-order valence-electron chi connectivity index (χ1n) is 6.89. The van der Waals surface area contributed by atoms with Crippen LogP contribution in [0.1, 0.15) is 51.1 Å². The third-order valence-corrected chi connectivity index (χ3v) is 3.12. The topological polar surface area (TPSA) is 70.2 Å². The minimum Gasteiger partial charge on any atom is -0.390 e. The van der Waals surface area contributed by atoms with Crippen LogP contribution in [-0.2, 0) is 18.4 Å². The number of ether oxygens (including phenoxy) is 1. The summed E-state index contributed by atoms with van der Waals surface area (Å²) in [5, 5.41) is 10.6. The van der Waals surface area contributed by atoms with E-state index in [0.29, 0.717) is 13.2 Å². The summed E-state index contributed by atoms with van der Waals surface area (Å²) in [6.07, 6.45) is 8.85. The van der Waals surface area contributed by atoms with Crippen LogP contribution in [0.5, 0.6) is 0 Å². The Morgan fingerprint density at radius 2 is 2.00 bits per heavy atom. The molecular weight excluding hydrogens is 246 g/mol. The van der Waals surface area contributed by atoms with Crippen LogP contribution in [0.4, 0.5) is 5.95 Å². The Balaban J connectivity index is 2.14. The van der Waals surface area contributed by atoms with Gasteiger partial charge >= 0.3 is 5.95 Å². The number of hydrogen-bond donors (Lipinski definition) is 0. The zero-order valence-electron chi connectivity index (χ0n) is 11.8. The van der Waals surface area contributed by atoms with Crippen LogP contribution >= 0.6 is 0 Å². The summed E-state index contributed by atoms with van der Waals surface area (Å²) in [7, 11) is 1.63. The quantitative estimate of drug-likeness (QED) is 0.371. The number of aromatic nitrogens is 2. The Morgan fingerprint density at radius 3 is 2.63 bits per heavy atom. The van der Waals surface area contributed by atoms with E-state index in [-0.39, 0.29) is 5.95 Å². The Labute approximate surface area is 113 Å². The van der Waals surface area contributed by atoms with E-state index in [0.717, 1.165) is 12.1 Å². The monoisotopic (exact) mass is 269 g/mol. The average Bonchev–Trinajstić information content (AvgIpc) is 2.74. The van der Waals surface area contributed by atoms with Crippen molar-refractivity contribution in [3.8, 4) is 0 Å². The van der Waals surface area contributed by atoms with Crippen LogP contribution in [0, 0.1) is 10.1 Å². The number of hydrogen-bond acceptors (Lipinski definition) is 4. The maximum Gasteiger partial charge on any atom is 0.434 e. The standard InChI is InChI=1S/C13H23N3O3/c1-3-4-5-6-7-8-9-19-11-12-10-14-13(15(12)2)16(17)18/h10H,3-9,11H2,1-2H3. The molecule has 1 aromatic heterocycles. The van der Waals surface area contributed by atoms with Crippen molar-refractivity contribution in [3.05, 3.63) is 22.0 Å². The predicted octanol–water partition coefficient (Wildman–Crippen LogP) is 3.21. The molecule has 108 valence electrons. The highest BCUT2D eigenvalue weighted by Gasteiger charge is 2.16. The Hall–Kier alpha value is -1.43. The molecular formula is C13H23N3O3. The van der Waals surface area contributed by atoms with E-state index in [4.69, 9.17) is 4.74 Å². The van der Waals surface area contributed by atoms with Gasteiger partial charge in [0.1, 0.15) is 18.5 Å². The molecule has 0 fully saturated rings. The van der Waals surface area contributed by atoms with E-state index >= 15 is 0 Å². The molecule has 19 heavy (non-hydrogen) atoms. The van der Waals surface area contributed by atoms with Crippen molar-refractivity contribution < 1.29 is 9.66 Å². The Morgan fingerprint density at radius 1 is 1.32 bits per heavy atom. The minimum atomic E-state index is -0.489. The fourth-order valence-electron chi connectivity index (χ4n) is 1.90. The molecule has 6 nitrogen and oxygen atoms in total. The van der Waals surface area contributed by atoms with E-state index in [9.17, 15) is 10.1 Å². The molecule has 0 unspecified atom stereocenters. The van der Waals surface area contributed by atoms with Gasteiger partial charge in [0.05, 0.1) is 7.05 Å². The van der Waals surface area contributed by atoms with E-state index in [1.54, 1.807) is 7.05 Å². The molecule has 0 aliphatic carbocycles. The second-order valence-corrected chi connectivity index (χ2v) is 4.69. The second-order valence-electron chi connectivity index (χ2n) is 4.69. The molecule has 1 aromatic rings. The molecule has 6 heteroatoms. The maximum absolute atomic E-state index is 10.6. The van der Waals surface area contributed by atoms with Crippen LogP contribution in [0.15, 0.2) is 6.20 Å². The van der Waals surface area contributed by atoms with Gasteiger partial charge in [-0.15, -0.1) is 0 Å². The van der Waals surface area contributed by atoms with Crippen LogP contribution in [-0.4, -0.2) is 21.1 Å². The van der Waals surface area contributed by atoms with Gasteiger partial charge in [-0.2, -0.15) is 0 Å². The molecule has 0 aromatic carbocycles. The Kier molecular flexibility index (Phi) is 7.10. The van der Waals surface area contributed by atoms with E-state index in [1.807, 2.05) is 0 Å². The number of nitrogens with zero attached hydrogens (tertiary/aromatic N) is 3. The molecule has 0 N–H and O–H groups in total. The van der Waals surface area contributed by atoms with Gasteiger partial charge in [-0.25, -0.2) is 4.57 Å². The van der Waals surface area contributed by atoms with Crippen LogP contribution < -0.4 is 0 Å². The summed E-state index contributed by atoms with van der Waals surface area (Å²) in [5.74, 6) is -0.141. The molecule has 1 heterocycles. The fourth-order valence-corrected chi connectivity index (χ4v) is 1.90. The van der Waals surface area contributed by atoms with Crippen molar-refractivity contribution in [1.82, 2.24) is 9.55 Å². The van der Waals surface area contributed by atoms with Crippen molar-refractivity contribution in [2.45, 2.75) is 52.1 Å². The van der Waals surface area contributed by atoms with Crippen LogP contribution in [0.3, 0.4) is 0 Å². The first-order valence-corrected chi connectivity index (χ1v) is 6.89. The highest BCUT2D eigenvalue weighted by molar-refractivity contribution is 5.13. The molecule has 0 aliphatic rings. The average molecular weight is 269 g/mol. The van der Waals surface area contributed by atoms with E-state index in [2.05, 4.69) is 11.9 Å². The first kappa shape index (κ1) is 15.6. The van der Waals surface area contributed by atoms with Gasteiger partial charge in [-0.05, 0) is 11.3 Å².